The third-order valence-corrected chi connectivity index (χ3v) is 9.99. The van der Waals surface area contributed by atoms with Crippen molar-refractivity contribution in [2.24, 2.45) is 28.6 Å². The molecule has 1 aliphatic heterocycles. The van der Waals surface area contributed by atoms with Gasteiger partial charge < -0.3 is 19.3 Å². The Morgan fingerprint density at radius 2 is 1.87 bits per heavy atom. The Kier molecular flexibility index (Phi) is 4.62. The molecule has 5 rings (SSSR count). The first-order valence-corrected chi connectivity index (χ1v) is 11.9. The maximum atomic E-state index is 12.7. The Morgan fingerprint density at radius 3 is 2.60 bits per heavy atom. The lowest BCUT2D eigenvalue weighted by molar-refractivity contribution is -0.219. The van der Waals surface area contributed by atoms with Gasteiger partial charge >= 0.3 is 11.9 Å². The summed E-state index contributed by atoms with van der Waals surface area (Å²) in [6.45, 7) is 6.63. The van der Waals surface area contributed by atoms with E-state index in [1.807, 2.05) is 6.92 Å². The molecular weight excluding hydrogens is 384 g/mol. The molecule has 1 N–H and O–H groups in total. The zero-order chi connectivity index (χ0) is 21.4. The van der Waals surface area contributed by atoms with Crippen molar-refractivity contribution in [3.63, 3.8) is 0 Å². The minimum Gasteiger partial charge on any atom is -0.466 e. The Balaban J connectivity index is 1.44. The monoisotopic (exact) mass is 420 g/mol. The molecule has 0 amide bonds. The number of fused-ring (bicyclic) bond motifs is 1. The van der Waals surface area contributed by atoms with Gasteiger partial charge in [-0.25, -0.2) is 0 Å². The highest BCUT2D eigenvalue weighted by atomic mass is 16.5. The lowest BCUT2D eigenvalue weighted by Crippen LogP contribution is -2.66. The van der Waals surface area contributed by atoms with Gasteiger partial charge in [-0.05, 0) is 75.5 Å². The lowest BCUT2D eigenvalue weighted by atomic mass is 9.42. The third-order valence-electron chi connectivity index (χ3n) is 9.99. The Bertz CT molecular complexity index is 752. The van der Waals surface area contributed by atoms with Crippen molar-refractivity contribution in [2.45, 2.75) is 95.9 Å². The fourth-order valence-corrected chi connectivity index (χ4v) is 8.82. The summed E-state index contributed by atoms with van der Waals surface area (Å²) in [7, 11) is 0. The molecule has 4 saturated carbocycles. The number of ether oxygens (including phenoxy) is 3. The van der Waals surface area contributed by atoms with Gasteiger partial charge in [0.25, 0.3) is 0 Å². The normalized spacial score (nSPS) is 51.5. The molecule has 0 aromatic rings. The molecule has 0 unspecified atom stereocenters. The van der Waals surface area contributed by atoms with Crippen molar-refractivity contribution in [2.75, 3.05) is 13.2 Å². The number of aliphatic hydroxyl groups is 1. The largest absolute Gasteiger partial charge is 0.466 e. The molecule has 6 nitrogen and oxygen atoms in total. The lowest BCUT2D eigenvalue weighted by Gasteiger charge is -2.63. The van der Waals surface area contributed by atoms with Crippen molar-refractivity contribution >= 4 is 11.9 Å². The molecule has 1 heterocycles. The first kappa shape index (κ1) is 20.7. The van der Waals surface area contributed by atoms with Gasteiger partial charge in [-0.3, -0.25) is 9.59 Å². The van der Waals surface area contributed by atoms with E-state index in [1.165, 1.54) is 6.92 Å². The highest BCUT2D eigenvalue weighted by Crippen LogP contribution is 2.74. The predicted molar refractivity (Wildman–Crippen MR) is 108 cm³/mol. The first-order valence-electron chi connectivity index (χ1n) is 11.9. The van der Waals surface area contributed by atoms with Crippen LogP contribution < -0.4 is 0 Å². The predicted octanol–water partition coefficient (Wildman–Crippen LogP) is 3.39. The van der Waals surface area contributed by atoms with Crippen LogP contribution in [0.5, 0.6) is 0 Å². The standard InChI is InChI=1S/C24H36O6/c1-4-28-20(26)17-5-6-18-21(17,3)9-8-19-22-10-7-16(30-15(2)25)13-23(22,27)11-12-24(18,19)29-14-22/h16-19,27H,4-14H2,1-3H3/t16-,17+,18+,19+,21+,22-,23-,24+/m1/s1. The zero-order valence-electron chi connectivity index (χ0n) is 18.6. The highest BCUT2D eigenvalue weighted by molar-refractivity contribution is 5.74. The van der Waals surface area contributed by atoms with Gasteiger partial charge in [0, 0.05) is 18.8 Å². The van der Waals surface area contributed by atoms with Crippen LogP contribution in [0.25, 0.3) is 0 Å². The quantitative estimate of drug-likeness (QED) is 0.705. The van der Waals surface area contributed by atoms with Crippen molar-refractivity contribution in [3.8, 4) is 0 Å². The van der Waals surface area contributed by atoms with E-state index >= 15 is 0 Å². The van der Waals surface area contributed by atoms with Gasteiger partial charge in [0.2, 0.25) is 0 Å². The van der Waals surface area contributed by atoms with Crippen LogP contribution in [-0.2, 0) is 23.8 Å². The topological polar surface area (TPSA) is 82.1 Å². The van der Waals surface area contributed by atoms with E-state index in [4.69, 9.17) is 14.2 Å². The van der Waals surface area contributed by atoms with Crippen molar-refractivity contribution in [1.29, 1.82) is 0 Å². The molecule has 0 radical (unpaired) electrons. The van der Waals surface area contributed by atoms with Crippen LogP contribution in [0.3, 0.4) is 0 Å². The van der Waals surface area contributed by atoms with E-state index in [9.17, 15) is 14.7 Å². The fourth-order valence-electron chi connectivity index (χ4n) is 8.82. The second-order valence-electron chi connectivity index (χ2n) is 10.9. The molecular formula is C24H36O6. The molecule has 30 heavy (non-hydrogen) atoms. The molecule has 1 saturated heterocycles. The molecule has 5 aliphatic rings. The van der Waals surface area contributed by atoms with Gasteiger partial charge in [0.05, 0.1) is 30.3 Å². The van der Waals surface area contributed by atoms with Gasteiger partial charge in [-0.2, -0.15) is 0 Å². The van der Waals surface area contributed by atoms with Gasteiger partial charge in [0.15, 0.2) is 0 Å². The number of rotatable bonds is 3. The smallest absolute Gasteiger partial charge is 0.309 e. The van der Waals surface area contributed by atoms with Gasteiger partial charge in [-0.15, -0.1) is 0 Å². The summed E-state index contributed by atoms with van der Waals surface area (Å²) in [6, 6.07) is 0. The number of hydrogen-bond acceptors (Lipinski definition) is 6. The Hall–Kier alpha value is -1.14. The summed E-state index contributed by atoms with van der Waals surface area (Å²) in [5, 5.41) is 11.9. The van der Waals surface area contributed by atoms with Crippen LogP contribution in [0, 0.1) is 28.6 Å². The first-order chi connectivity index (χ1) is 14.2. The highest BCUT2D eigenvalue weighted by Gasteiger charge is 2.76. The van der Waals surface area contributed by atoms with E-state index < -0.39 is 5.60 Å². The van der Waals surface area contributed by atoms with Crippen molar-refractivity contribution < 1.29 is 28.9 Å². The van der Waals surface area contributed by atoms with E-state index in [2.05, 4.69) is 6.92 Å². The zero-order valence-corrected chi connectivity index (χ0v) is 18.6. The maximum Gasteiger partial charge on any atom is 0.309 e. The van der Waals surface area contributed by atoms with E-state index in [-0.39, 0.29) is 40.4 Å². The van der Waals surface area contributed by atoms with Gasteiger partial charge in [-0.1, -0.05) is 6.92 Å². The van der Waals surface area contributed by atoms with E-state index in [0.717, 1.165) is 44.9 Å². The summed E-state index contributed by atoms with van der Waals surface area (Å²) in [4.78, 5) is 24.2. The van der Waals surface area contributed by atoms with Crippen LogP contribution in [-0.4, -0.2) is 47.6 Å². The van der Waals surface area contributed by atoms with Crippen LogP contribution in [0.4, 0.5) is 0 Å². The number of esters is 2. The van der Waals surface area contributed by atoms with Crippen LogP contribution >= 0.6 is 0 Å². The molecule has 168 valence electrons. The molecule has 6 heteroatoms. The second-order valence-corrected chi connectivity index (χ2v) is 10.9. The number of carbonyl (C=O) groups is 2. The molecule has 2 bridgehead atoms. The summed E-state index contributed by atoms with van der Waals surface area (Å²) < 4.78 is 17.7. The fraction of sp³-hybridized carbons (Fsp3) is 0.917. The minimum atomic E-state index is -0.830. The molecule has 1 spiro atoms. The van der Waals surface area contributed by atoms with Crippen LogP contribution in [0.1, 0.15) is 78.6 Å². The molecule has 4 aliphatic carbocycles. The summed E-state index contributed by atoms with van der Waals surface area (Å²) in [5.41, 5.74) is -1.39. The van der Waals surface area contributed by atoms with Crippen LogP contribution in [0.2, 0.25) is 0 Å². The summed E-state index contributed by atoms with van der Waals surface area (Å²) >= 11 is 0. The molecule has 0 aromatic carbocycles. The second kappa shape index (κ2) is 6.68. The number of hydrogen-bond donors (Lipinski definition) is 1. The van der Waals surface area contributed by atoms with Crippen LogP contribution in [0.15, 0.2) is 0 Å². The Labute approximate surface area is 179 Å². The van der Waals surface area contributed by atoms with Crippen molar-refractivity contribution in [3.05, 3.63) is 0 Å². The molecule has 5 fully saturated rings. The average Bonchev–Trinajstić information content (AvgIpc) is 3.16. The van der Waals surface area contributed by atoms with E-state index in [0.29, 0.717) is 37.9 Å². The van der Waals surface area contributed by atoms with Crippen molar-refractivity contribution in [1.82, 2.24) is 0 Å². The number of carbonyl (C=O) groups excluding carboxylic acids is 2. The van der Waals surface area contributed by atoms with E-state index in [1.54, 1.807) is 0 Å². The maximum absolute atomic E-state index is 12.7. The average molecular weight is 421 g/mol. The minimum absolute atomic E-state index is 0.0423. The summed E-state index contributed by atoms with van der Waals surface area (Å²) in [6.07, 6.45) is 7.35. The third kappa shape index (κ3) is 2.49. The summed E-state index contributed by atoms with van der Waals surface area (Å²) in [5.74, 6) is 0.309. The molecule has 0 aromatic heterocycles. The SMILES string of the molecule is CCOC(=O)[C@@H]1CC[C@H]2[C@@]1(C)CC[C@@H]1[C@]23CC[C@@]2(O)C[C@H](OC(C)=O)CC[C@@]12CO3. The Morgan fingerprint density at radius 1 is 1.07 bits per heavy atom. The molecule has 8 atom stereocenters. The van der Waals surface area contributed by atoms with Gasteiger partial charge in [0.1, 0.15) is 6.10 Å².